The monoisotopic (exact) mass is 370 g/mol. The van der Waals surface area contributed by atoms with E-state index in [0.29, 0.717) is 32.1 Å². The maximum absolute atomic E-state index is 13.3. The number of carbonyl (C=O) groups is 1. The van der Waals surface area contributed by atoms with E-state index in [9.17, 15) is 9.18 Å². The van der Waals surface area contributed by atoms with Crippen molar-refractivity contribution in [2.75, 3.05) is 19.6 Å². The van der Waals surface area contributed by atoms with Crippen LogP contribution in [-0.2, 0) is 17.9 Å². The van der Waals surface area contributed by atoms with Crippen molar-refractivity contribution in [2.45, 2.75) is 26.9 Å². The molecule has 0 aliphatic heterocycles. The highest BCUT2D eigenvalue weighted by atomic mass is 19.1. The first-order valence-electron chi connectivity index (χ1n) is 9.20. The van der Waals surface area contributed by atoms with Crippen molar-refractivity contribution in [2.24, 2.45) is 4.99 Å². The predicted molar refractivity (Wildman–Crippen MR) is 107 cm³/mol. The van der Waals surface area contributed by atoms with Gasteiger partial charge in [0.1, 0.15) is 5.82 Å². The molecule has 144 valence electrons. The Bertz CT molecular complexity index is 749. The Labute approximate surface area is 160 Å². The summed E-state index contributed by atoms with van der Waals surface area (Å²) in [6, 6.07) is 16.2. The maximum Gasteiger partial charge on any atom is 0.242 e. The molecule has 2 N–H and O–H groups in total. The molecular weight excluding hydrogens is 343 g/mol. The number of benzene rings is 2. The van der Waals surface area contributed by atoms with Crippen LogP contribution in [-0.4, -0.2) is 36.4 Å². The number of nitrogens with one attached hydrogen (secondary N) is 2. The summed E-state index contributed by atoms with van der Waals surface area (Å²) in [5, 5.41) is 6.16. The van der Waals surface area contributed by atoms with Crippen molar-refractivity contribution < 1.29 is 9.18 Å². The van der Waals surface area contributed by atoms with Gasteiger partial charge >= 0.3 is 0 Å². The Morgan fingerprint density at radius 1 is 1.04 bits per heavy atom. The van der Waals surface area contributed by atoms with Crippen LogP contribution < -0.4 is 10.6 Å². The van der Waals surface area contributed by atoms with Crippen LogP contribution in [0, 0.1) is 5.82 Å². The summed E-state index contributed by atoms with van der Waals surface area (Å²) >= 11 is 0. The van der Waals surface area contributed by atoms with Crippen molar-refractivity contribution >= 4 is 11.9 Å². The van der Waals surface area contributed by atoms with Crippen molar-refractivity contribution in [3.8, 4) is 0 Å². The van der Waals surface area contributed by atoms with Crippen LogP contribution in [0.3, 0.4) is 0 Å². The Morgan fingerprint density at radius 2 is 1.78 bits per heavy atom. The number of halogens is 1. The molecule has 0 unspecified atom stereocenters. The average molecular weight is 370 g/mol. The molecule has 0 bridgehead atoms. The third-order valence-corrected chi connectivity index (χ3v) is 4.01. The summed E-state index contributed by atoms with van der Waals surface area (Å²) < 4.78 is 13.3. The van der Waals surface area contributed by atoms with Crippen molar-refractivity contribution in [3.63, 3.8) is 0 Å². The molecule has 2 aromatic rings. The molecular formula is C21H27FN4O. The number of amides is 1. The molecule has 27 heavy (non-hydrogen) atoms. The summed E-state index contributed by atoms with van der Waals surface area (Å²) in [7, 11) is 0. The number of likely N-dealkylation sites (N-methyl/N-ethyl adjacent to an activating group) is 1. The van der Waals surface area contributed by atoms with Gasteiger partial charge in [0.05, 0.1) is 13.1 Å². The molecule has 0 fully saturated rings. The van der Waals surface area contributed by atoms with Crippen molar-refractivity contribution in [1.29, 1.82) is 0 Å². The predicted octanol–water partition coefficient (Wildman–Crippen LogP) is 2.93. The molecule has 0 atom stereocenters. The first-order chi connectivity index (χ1) is 13.1. The lowest BCUT2D eigenvalue weighted by Crippen LogP contribution is -2.44. The van der Waals surface area contributed by atoms with Gasteiger partial charge in [0.2, 0.25) is 5.91 Å². The Morgan fingerprint density at radius 3 is 2.44 bits per heavy atom. The third kappa shape index (κ3) is 7.09. The number of hydrogen-bond acceptors (Lipinski definition) is 2. The standard InChI is InChI=1S/C21H27FN4O/c1-3-23-21(24-14-18-11-8-12-19(22)13-18)25-15-20(27)26(4-2)16-17-9-6-5-7-10-17/h5-13H,3-4,14-16H2,1-2H3,(H2,23,24,25). The van der Waals surface area contributed by atoms with Gasteiger partial charge in [-0.2, -0.15) is 0 Å². The molecule has 0 saturated heterocycles. The molecule has 0 saturated carbocycles. The molecule has 0 radical (unpaired) electrons. The number of rotatable bonds is 8. The van der Waals surface area contributed by atoms with E-state index in [0.717, 1.165) is 11.1 Å². The molecule has 5 nitrogen and oxygen atoms in total. The number of aliphatic imine (C=N–C) groups is 1. The van der Waals surface area contributed by atoms with Crippen LogP contribution >= 0.6 is 0 Å². The fourth-order valence-electron chi connectivity index (χ4n) is 2.60. The van der Waals surface area contributed by atoms with Gasteiger partial charge in [0.25, 0.3) is 0 Å². The first kappa shape index (κ1) is 20.4. The highest BCUT2D eigenvalue weighted by molar-refractivity contribution is 5.86. The Hall–Kier alpha value is -2.89. The Balaban J connectivity index is 1.92. The number of guanidine groups is 1. The fraction of sp³-hybridized carbons (Fsp3) is 0.333. The lowest BCUT2D eigenvalue weighted by Gasteiger charge is -2.22. The lowest BCUT2D eigenvalue weighted by molar-refractivity contribution is -0.130. The zero-order chi connectivity index (χ0) is 19.5. The average Bonchev–Trinajstić information content (AvgIpc) is 2.69. The second-order valence-electron chi connectivity index (χ2n) is 6.07. The van der Waals surface area contributed by atoms with E-state index in [-0.39, 0.29) is 18.3 Å². The zero-order valence-corrected chi connectivity index (χ0v) is 15.9. The van der Waals surface area contributed by atoms with E-state index in [2.05, 4.69) is 15.6 Å². The van der Waals surface area contributed by atoms with Gasteiger partial charge in [-0.1, -0.05) is 42.5 Å². The van der Waals surface area contributed by atoms with E-state index in [4.69, 9.17) is 0 Å². The number of carbonyl (C=O) groups excluding carboxylic acids is 1. The van der Waals surface area contributed by atoms with Crippen LogP contribution in [0.5, 0.6) is 0 Å². The minimum absolute atomic E-state index is 0.00212. The minimum atomic E-state index is -0.282. The van der Waals surface area contributed by atoms with E-state index >= 15 is 0 Å². The van der Waals surface area contributed by atoms with Crippen LogP contribution in [0.15, 0.2) is 59.6 Å². The molecule has 6 heteroatoms. The third-order valence-electron chi connectivity index (χ3n) is 4.01. The van der Waals surface area contributed by atoms with Crippen LogP contribution in [0.25, 0.3) is 0 Å². The normalized spacial score (nSPS) is 11.1. The highest BCUT2D eigenvalue weighted by Crippen LogP contribution is 2.05. The molecule has 0 aromatic heterocycles. The van der Waals surface area contributed by atoms with Gasteiger partial charge in [-0.15, -0.1) is 0 Å². The van der Waals surface area contributed by atoms with Gasteiger partial charge < -0.3 is 15.5 Å². The molecule has 0 spiro atoms. The smallest absolute Gasteiger partial charge is 0.242 e. The van der Waals surface area contributed by atoms with Crippen molar-refractivity contribution in [3.05, 3.63) is 71.5 Å². The van der Waals surface area contributed by atoms with Gasteiger partial charge in [0, 0.05) is 19.6 Å². The summed E-state index contributed by atoms with van der Waals surface area (Å²) in [4.78, 5) is 18.8. The topological polar surface area (TPSA) is 56.7 Å². The summed E-state index contributed by atoms with van der Waals surface area (Å²) in [5.41, 5.74) is 1.87. The van der Waals surface area contributed by atoms with Gasteiger partial charge in [-0.3, -0.25) is 4.79 Å². The van der Waals surface area contributed by atoms with Crippen LogP contribution in [0.1, 0.15) is 25.0 Å². The molecule has 2 aromatic carbocycles. The highest BCUT2D eigenvalue weighted by Gasteiger charge is 2.12. The van der Waals surface area contributed by atoms with E-state index in [1.807, 2.05) is 50.2 Å². The van der Waals surface area contributed by atoms with E-state index in [1.165, 1.54) is 12.1 Å². The summed E-state index contributed by atoms with van der Waals surface area (Å²) in [6.45, 7) is 6.28. The second kappa shape index (κ2) is 11.0. The quantitative estimate of drug-likeness (QED) is 0.555. The van der Waals surface area contributed by atoms with Gasteiger partial charge in [0.15, 0.2) is 5.96 Å². The van der Waals surface area contributed by atoms with Crippen LogP contribution in [0.2, 0.25) is 0 Å². The van der Waals surface area contributed by atoms with Gasteiger partial charge in [-0.25, -0.2) is 9.38 Å². The molecule has 1 amide bonds. The van der Waals surface area contributed by atoms with E-state index in [1.54, 1.807) is 11.0 Å². The minimum Gasteiger partial charge on any atom is -0.357 e. The number of hydrogen-bond donors (Lipinski definition) is 2. The summed E-state index contributed by atoms with van der Waals surface area (Å²) in [6.07, 6.45) is 0. The van der Waals surface area contributed by atoms with E-state index < -0.39 is 0 Å². The largest absolute Gasteiger partial charge is 0.357 e. The molecule has 0 aliphatic carbocycles. The lowest BCUT2D eigenvalue weighted by atomic mass is 10.2. The summed E-state index contributed by atoms with van der Waals surface area (Å²) in [5.74, 6) is 0.249. The first-order valence-corrected chi connectivity index (χ1v) is 9.20. The second-order valence-corrected chi connectivity index (χ2v) is 6.07. The molecule has 0 heterocycles. The molecule has 2 rings (SSSR count). The zero-order valence-electron chi connectivity index (χ0n) is 15.9. The fourth-order valence-corrected chi connectivity index (χ4v) is 2.60. The SMILES string of the molecule is CCNC(=NCc1cccc(F)c1)NCC(=O)N(CC)Cc1ccccc1. The Kier molecular flexibility index (Phi) is 8.29. The van der Waals surface area contributed by atoms with Crippen LogP contribution in [0.4, 0.5) is 4.39 Å². The number of nitrogens with zero attached hydrogens (tertiary/aromatic N) is 2. The van der Waals surface area contributed by atoms with Crippen molar-refractivity contribution in [1.82, 2.24) is 15.5 Å². The molecule has 0 aliphatic rings. The van der Waals surface area contributed by atoms with Gasteiger partial charge in [-0.05, 0) is 37.1 Å². The maximum atomic E-state index is 13.3.